The summed E-state index contributed by atoms with van der Waals surface area (Å²) in [4.78, 5) is 26.4. The molecule has 162 valence electrons. The maximum Gasteiger partial charge on any atom is 0.186 e. The van der Waals surface area contributed by atoms with Crippen LogP contribution in [0.4, 0.5) is 0 Å². The first-order valence-corrected chi connectivity index (χ1v) is 12.0. The van der Waals surface area contributed by atoms with Gasteiger partial charge in [-0.25, -0.2) is 0 Å². The van der Waals surface area contributed by atoms with E-state index in [2.05, 4.69) is 0 Å². The summed E-state index contributed by atoms with van der Waals surface area (Å²) in [5.74, 6) is -0.0892. The van der Waals surface area contributed by atoms with Crippen LogP contribution in [-0.2, 0) is 0 Å². The molecule has 0 aliphatic carbocycles. The quantitative estimate of drug-likeness (QED) is 0.204. The van der Waals surface area contributed by atoms with Crippen molar-refractivity contribution < 1.29 is 9.59 Å². The molecule has 0 saturated heterocycles. The Balaban J connectivity index is 1.44. The molecule has 3 heteroatoms. The standard InChI is InChI=1S/C30H24O2S/c1-33-28(20-29(31)26-16-12-24(13-17-26)22-8-4-2-5-9-22)21-30(32)27-18-14-25(15-19-27)23-10-6-3-7-11-23/h2-20H,21H2,1H3/b28-20-. The van der Waals surface area contributed by atoms with Gasteiger partial charge in [-0.05, 0) is 39.5 Å². The van der Waals surface area contributed by atoms with Crippen molar-refractivity contribution in [1.29, 1.82) is 0 Å². The Bertz CT molecular complexity index is 1260. The number of thioether (sulfide) groups is 1. The monoisotopic (exact) mass is 448 g/mol. The van der Waals surface area contributed by atoms with Gasteiger partial charge in [0.15, 0.2) is 11.6 Å². The highest BCUT2D eigenvalue weighted by Crippen LogP contribution is 2.24. The molecule has 0 saturated carbocycles. The maximum atomic E-state index is 12.8. The molecule has 0 bridgehead atoms. The van der Waals surface area contributed by atoms with Crippen molar-refractivity contribution in [3.05, 3.63) is 131 Å². The Kier molecular flexibility index (Phi) is 7.33. The minimum Gasteiger partial charge on any atom is -0.294 e. The van der Waals surface area contributed by atoms with Gasteiger partial charge in [-0.15, -0.1) is 11.8 Å². The Morgan fingerprint density at radius 3 is 1.48 bits per heavy atom. The summed E-state index contributed by atoms with van der Waals surface area (Å²) in [5.41, 5.74) is 5.62. The first kappa shape index (κ1) is 22.5. The summed E-state index contributed by atoms with van der Waals surface area (Å²) < 4.78 is 0. The number of carbonyl (C=O) groups excluding carboxylic acids is 2. The third-order valence-corrected chi connectivity index (χ3v) is 6.27. The molecule has 0 aromatic heterocycles. The average Bonchev–Trinajstić information content (AvgIpc) is 2.89. The van der Waals surface area contributed by atoms with E-state index in [-0.39, 0.29) is 18.0 Å². The fourth-order valence-electron chi connectivity index (χ4n) is 3.61. The van der Waals surface area contributed by atoms with Crippen LogP contribution in [0.1, 0.15) is 27.1 Å². The van der Waals surface area contributed by atoms with Crippen LogP contribution >= 0.6 is 11.8 Å². The number of ketones is 2. The van der Waals surface area contributed by atoms with Crippen LogP contribution in [0.2, 0.25) is 0 Å². The van der Waals surface area contributed by atoms with Crippen molar-refractivity contribution in [2.75, 3.05) is 6.26 Å². The average molecular weight is 449 g/mol. The first-order chi connectivity index (χ1) is 16.1. The third kappa shape index (κ3) is 5.76. The lowest BCUT2D eigenvalue weighted by Gasteiger charge is -2.07. The second-order valence-corrected chi connectivity index (χ2v) is 8.60. The molecule has 33 heavy (non-hydrogen) atoms. The van der Waals surface area contributed by atoms with Gasteiger partial charge in [-0.2, -0.15) is 0 Å². The van der Waals surface area contributed by atoms with Crippen LogP contribution in [0.15, 0.2) is 120 Å². The van der Waals surface area contributed by atoms with Gasteiger partial charge in [0.1, 0.15) is 0 Å². The molecule has 4 aromatic rings. The minimum atomic E-state index is -0.0915. The summed E-state index contributed by atoms with van der Waals surface area (Å²) in [7, 11) is 0. The lowest BCUT2D eigenvalue weighted by molar-refractivity contribution is 0.0995. The summed E-state index contributed by atoms with van der Waals surface area (Å²) in [5, 5.41) is 0. The number of rotatable bonds is 8. The fraction of sp³-hybridized carbons (Fsp3) is 0.0667. The van der Waals surface area contributed by atoms with E-state index >= 15 is 0 Å². The van der Waals surface area contributed by atoms with Crippen LogP contribution in [0, 0.1) is 0 Å². The molecule has 0 aliphatic heterocycles. The van der Waals surface area contributed by atoms with E-state index in [4.69, 9.17) is 0 Å². The first-order valence-electron chi connectivity index (χ1n) is 10.8. The second kappa shape index (κ2) is 10.8. The van der Waals surface area contributed by atoms with Gasteiger partial charge in [0.2, 0.25) is 0 Å². The number of carbonyl (C=O) groups is 2. The van der Waals surface area contributed by atoms with Gasteiger partial charge < -0.3 is 0 Å². The highest BCUT2D eigenvalue weighted by molar-refractivity contribution is 8.02. The van der Waals surface area contributed by atoms with E-state index in [9.17, 15) is 9.59 Å². The minimum absolute atomic E-state index is 0.00226. The van der Waals surface area contributed by atoms with Crippen molar-refractivity contribution in [3.63, 3.8) is 0 Å². The van der Waals surface area contributed by atoms with Crippen LogP contribution in [0.25, 0.3) is 22.3 Å². The van der Waals surface area contributed by atoms with E-state index in [1.807, 2.05) is 115 Å². The lowest BCUT2D eigenvalue weighted by atomic mass is 10.0. The van der Waals surface area contributed by atoms with Crippen molar-refractivity contribution in [1.82, 2.24) is 0 Å². The van der Waals surface area contributed by atoms with Crippen LogP contribution < -0.4 is 0 Å². The Labute approximate surface area is 199 Å². The zero-order valence-electron chi connectivity index (χ0n) is 18.4. The molecule has 4 aromatic carbocycles. The molecule has 0 aliphatic rings. The Hall–Kier alpha value is -3.69. The third-order valence-electron chi connectivity index (χ3n) is 5.48. The summed E-state index contributed by atoms with van der Waals surface area (Å²) in [6, 6.07) is 35.3. The highest BCUT2D eigenvalue weighted by atomic mass is 32.2. The molecule has 4 rings (SSSR count). The Morgan fingerprint density at radius 2 is 1.03 bits per heavy atom. The molecule has 0 amide bonds. The molecule has 0 radical (unpaired) electrons. The summed E-state index contributed by atoms with van der Waals surface area (Å²) in [6.45, 7) is 0. The number of benzene rings is 4. The van der Waals surface area contributed by atoms with Crippen LogP contribution in [0.3, 0.4) is 0 Å². The predicted molar refractivity (Wildman–Crippen MR) is 139 cm³/mol. The zero-order chi connectivity index (χ0) is 23.0. The molecular weight excluding hydrogens is 424 g/mol. The van der Waals surface area contributed by atoms with Crippen LogP contribution in [-0.4, -0.2) is 17.8 Å². The van der Waals surface area contributed by atoms with E-state index < -0.39 is 0 Å². The van der Waals surface area contributed by atoms with E-state index in [1.165, 1.54) is 11.8 Å². The molecule has 0 fully saturated rings. The highest BCUT2D eigenvalue weighted by Gasteiger charge is 2.12. The largest absolute Gasteiger partial charge is 0.294 e. The van der Waals surface area contributed by atoms with Crippen molar-refractivity contribution >= 4 is 23.3 Å². The van der Waals surface area contributed by atoms with Crippen molar-refractivity contribution in [2.24, 2.45) is 0 Å². The van der Waals surface area contributed by atoms with E-state index in [1.54, 1.807) is 6.08 Å². The molecule has 0 unspecified atom stereocenters. The molecule has 0 heterocycles. The lowest BCUT2D eigenvalue weighted by Crippen LogP contribution is -2.02. The topological polar surface area (TPSA) is 34.1 Å². The molecule has 0 atom stereocenters. The molecule has 0 spiro atoms. The smallest absolute Gasteiger partial charge is 0.186 e. The molecular formula is C30H24O2S. The molecule has 0 N–H and O–H groups in total. The van der Waals surface area contributed by atoms with Crippen molar-refractivity contribution in [2.45, 2.75) is 6.42 Å². The summed E-state index contributed by atoms with van der Waals surface area (Å²) in [6.07, 6.45) is 3.68. The Morgan fingerprint density at radius 1 is 0.606 bits per heavy atom. The second-order valence-electron chi connectivity index (χ2n) is 7.67. The van der Waals surface area contributed by atoms with Gasteiger partial charge in [-0.1, -0.05) is 109 Å². The van der Waals surface area contributed by atoms with Gasteiger partial charge in [0.05, 0.1) is 0 Å². The zero-order valence-corrected chi connectivity index (χ0v) is 19.2. The van der Waals surface area contributed by atoms with Crippen LogP contribution in [0.5, 0.6) is 0 Å². The van der Waals surface area contributed by atoms with E-state index in [0.717, 1.165) is 27.2 Å². The fourth-order valence-corrected chi connectivity index (χ4v) is 4.11. The van der Waals surface area contributed by atoms with Gasteiger partial charge in [0, 0.05) is 17.5 Å². The number of hydrogen-bond acceptors (Lipinski definition) is 3. The molecule has 2 nitrogen and oxygen atoms in total. The van der Waals surface area contributed by atoms with E-state index in [0.29, 0.717) is 11.1 Å². The van der Waals surface area contributed by atoms with Gasteiger partial charge in [-0.3, -0.25) is 9.59 Å². The number of allylic oxidation sites excluding steroid dienone is 2. The van der Waals surface area contributed by atoms with Gasteiger partial charge in [0.25, 0.3) is 0 Å². The number of hydrogen-bond donors (Lipinski definition) is 0. The maximum absolute atomic E-state index is 12.8. The van der Waals surface area contributed by atoms with Crippen molar-refractivity contribution in [3.8, 4) is 22.3 Å². The number of Topliss-reactive ketones (excluding diaryl/α,β-unsaturated/α-hetero) is 1. The van der Waals surface area contributed by atoms with Gasteiger partial charge >= 0.3 is 0 Å². The SMILES string of the molecule is CS/C(=C\C(=O)c1ccc(-c2ccccc2)cc1)CC(=O)c1ccc(-c2ccccc2)cc1. The summed E-state index contributed by atoms with van der Waals surface area (Å²) >= 11 is 1.44. The normalized spacial score (nSPS) is 11.2. The predicted octanol–water partition coefficient (Wildman–Crippen LogP) is 7.72.